The van der Waals surface area contributed by atoms with Gasteiger partial charge in [0, 0.05) is 12.1 Å². The lowest BCUT2D eigenvalue weighted by Crippen LogP contribution is -2.06. The van der Waals surface area contributed by atoms with Gasteiger partial charge in [-0.2, -0.15) is 0 Å². The molecule has 0 aliphatic heterocycles. The first-order valence-electron chi connectivity index (χ1n) is 6.93. The molecule has 0 unspecified atom stereocenters. The molecule has 112 valence electrons. The van der Waals surface area contributed by atoms with Crippen LogP contribution in [0.4, 0.5) is 0 Å². The molecule has 3 rings (SSSR count). The van der Waals surface area contributed by atoms with Crippen molar-refractivity contribution in [3.05, 3.63) is 72.1 Å². The van der Waals surface area contributed by atoms with Crippen molar-refractivity contribution >= 4 is 0 Å². The maximum Gasteiger partial charge on any atom is 0.226 e. The van der Waals surface area contributed by atoms with Gasteiger partial charge in [-0.25, -0.2) is 10.5 Å². The largest absolute Gasteiger partial charge is 0.487 e. The summed E-state index contributed by atoms with van der Waals surface area (Å²) in [4.78, 5) is 4.41. The number of nitrogens with one attached hydrogen (secondary N) is 1. The van der Waals surface area contributed by atoms with Crippen molar-refractivity contribution in [1.29, 1.82) is 0 Å². The standard InChI is InChI=1S/C17H16N2O3/c20-18-10-13-5-4-8-16(9-13)21-11-15-12-22-17(19-15)14-6-2-1-3-7-14/h1-9,12,18,20H,10-11H2. The third-order valence-electron chi connectivity index (χ3n) is 3.14. The van der Waals surface area contributed by atoms with E-state index in [4.69, 9.17) is 14.4 Å². The molecule has 0 fully saturated rings. The van der Waals surface area contributed by atoms with Crippen molar-refractivity contribution in [3.63, 3.8) is 0 Å². The molecule has 5 nitrogen and oxygen atoms in total. The van der Waals surface area contributed by atoms with Crippen LogP contribution < -0.4 is 10.2 Å². The van der Waals surface area contributed by atoms with Crippen molar-refractivity contribution < 1.29 is 14.4 Å². The number of hydrogen-bond donors (Lipinski definition) is 2. The summed E-state index contributed by atoms with van der Waals surface area (Å²) < 4.78 is 11.2. The Kier molecular flexibility index (Phi) is 4.48. The van der Waals surface area contributed by atoms with Gasteiger partial charge in [0.25, 0.3) is 0 Å². The Hall–Kier alpha value is -2.63. The minimum atomic E-state index is 0.326. The monoisotopic (exact) mass is 296 g/mol. The molecule has 0 aliphatic rings. The van der Waals surface area contributed by atoms with Crippen molar-refractivity contribution in [2.45, 2.75) is 13.2 Å². The fraction of sp³-hybridized carbons (Fsp3) is 0.118. The minimum Gasteiger partial charge on any atom is -0.487 e. The maximum atomic E-state index is 8.72. The highest BCUT2D eigenvalue weighted by molar-refractivity contribution is 5.52. The second-order valence-electron chi connectivity index (χ2n) is 4.78. The summed E-state index contributed by atoms with van der Waals surface area (Å²) in [7, 11) is 0. The van der Waals surface area contributed by atoms with Crippen molar-refractivity contribution in [2.75, 3.05) is 0 Å². The smallest absolute Gasteiger partial charge is 0.226 e. The number of hydrogen-bond acceptors (Lipinski definition) is 5. The molecule has 0 aliphatic carbocycles. The maximum absolute atomic E-state index is 8.72. The third-order valence-corrected chi connectivity index (χ3v) is 3.14. The summed E-state index contributed by atoms with van der Waals surface area (Å²) in [6.45, 7) is 0.700. The molecular weight excluding hydrogens is 280 g/mol. The van der Waals surface area contributed by atoms with Crippen LogP contribution in [0.5, 0.6) is 5.75 Å². The normalized spacial score (nSPS) is 10.6. The molecule has 0 spiro atoms. The second kappa shape index (κ2) is 6.89. The Bertz CT molecular complexity index is 726. The number of hydroxylamine groups is 1. The number of aromatic nitrogens is 1. The lowest BCUT2D eigenvalue weighted by molar-refractivity contribution is 0.161. The van der Waals surface area contributed by atoms with Crippen LogP contribution in [0.15, 0.2) is 65.3 Å². The summed E-state index contributed by atoms with van der Waals surface area (Å²) in [5.74, 6) is 1.30. The number of oxazole rings is 1. The quantitative estimate of drug-likeness (QED) is 0.682. The molecule has 0 atom stereocenters. The predicted molar refractivity (Wildman–Crippen MR) is 81.3 cm³/mol. The summed E-state index contributed by atoms with van der Waals surface area (Å²) in [6, 6.07) is 17.2. The van der Waals surface area contributed by atoms with E-state index in [9.17, 15) is 0 Å². The van der Waals surface area contributed by atoms with Crippen LogP contribution in [0.25, 0.3) is 11.5 Å². The van der Waals surface area contributed by atoms with Gasteiger partial charge in [0.2, 0.25) is 5.89 Å². The Balaban J connectivity index is 1.65. The molecule has 0 saturated carbocycles. The third kappa shape index (κ3) is 3.52. The van der Waals surface area contributed by atoms with E-state index in [-0.39, 0.29) is 0 Å². The summed E-state index contributed by atoms with van der Waals surface area (Å²) >= 11 is 0. The highest BCUT2D eigenvalue weighted by Crippen LogP contribution is 2.19. The summed E-state index contributed by atoms with van der Waals surface area (Å²) in [6.07, 6.45) is 1.60. The molecule has 2 aromatic carbocycles. The fourth-order valence-electron chi connectivity index (χ4n) is 2.08. The van der Waals surface area contributed by atoms with Gasteiger partial charge < -0.3 is 14.4 Å². The molecule has 1 aromatic heterocycles. The first-order valence-corrected chi connectivity index (χ1v) is 6.93. The van der Waals surface area contributed by atoms with E-state index in [1.54, 1.807) is 6.26 Å². The van der Waals surface area contributed by atoms with Crippen molar-refractivity contribution in [1.82, 2.24) is 10.5 Å². The zero-order chi connectivity index (χ0) is 15.2. The average Bonchev–Trinajstić information content (AvgIpc) is 3.04. The van der Waals surface area contributed by atoms with Crippen LogP contribution in [0, 0.1) is 0 Å². The fourth-order valence-corrected chi connectivity index (χ4v) is 2.08. The Morgan fingerprint density at radius 2 is 1.95 bits per heavy atom. The Labute approximate surface area is 128 Å². The Morgan fingerprint density at radius 3 is 2.77 bits per heavy atom. The molecule has 5 heteroatoms. The minimum absolute atomic E-state index is 0.326. The highest BCUT2D eigenvalue weighted by Gasteiger charge is 2.07. The molecule has 0 amide bonds. The molecule has 0 radical (unpaired) electrons. The van der Waals surface area contributed by atoms with E-state index in [1.807, 2.05) is 54.6 Å². The van der Waals surface area contributed by atoms with E-state index >= 15 is 0 Å². The van der Waals surface area contributed by atoms with E-state index in [0.717, 1.165) is 22.6 Å². The topological polar surface area (TPSA) is 67.5 Å². The van der Waals surface area contributed by atoms with E-state index in [1.165, 1.54) is 0 Å². The molecule has 1 heterocycles. The van der Waals surface area contributed by atoms with Gasteiger partial charge in [0.1, 0.15) is 24.3 Å². The van der Waals surface area contributed by atoms with Crippen LogP contribution in [0.3, 0.4) is 0 Å². The summed E-state index contributed by atoms with van der Waals surface area (Å²) in [5, 5.41) is 8.72. The van der Waals surface area contributed by atoms with Gasteiger partial charge >= 0.3 is 0 Å². The molecule has 22 heavy (non-hydrogen) atoms. The van der Waals surface area contributed by atoms with E-state index < -0.39 is 0 Å². The zero-order valence-electron chi connectivity index (χ0n) is 11.9. The van der Waals surface area contributed by atoms with Crippen molar-refractivity contribution in [3.8, 4) is 17.2 Å². The first kappa shape index (κ1) is 14.3. The average molecular weight is 296 g/mol. The van der Waals surface area contributed by atoms with Gasteiger partial charge in [0.15, 0.2) is 0 Å². The van der Waals surface area contributed by atoms with Crippen LogP contribution in [-0.4, -0.2) is 10.2 Å². The van der Waals surface area contributed by atoms with Crippen LogP contribution in [0.1, 0.15) is 11.3 Å². The molecular formula is C17H16N2O3. The number of ether oxygens (including phenoxy) is 1. The zero-order valence-corrected chi connectivity index (χ0v) is 11.9. The molecule has 0 saturated heterocycles. The van der Waals surface area contributed by atoms with Gasteiger partial charge in [-0.05, 0) is 29.8 Å². The van der Waals surface area contributed by atoms with E-state index in [0.29, 0.717) is 19.0 Å². The SMILES string of the molecule is ONCc1cccc(OCc2coc(-c3ccccc3)n2)c1. The molecule has 0 bridgehead atoms. The Morgan fingerprint density at radius 1 is 1.09 bits per heavy atom. The van der Waals surface area contributed by atoms with Gasteiger partial charge in [-0.1, -0.05) is 30.3 Å². The van der Waals surface area contributed by atoms with E-state index in [2.05, 4.69) is 10.5 Å². The molecule has 3 aromatic rings. The lowest BCUT2D eigenvalue weighted by atomic mass is 10.2. The van der Waals surface area contributed by atoms with Crippen LogP contribution in [0.2, 0.25) is 0 Å². The van der Waals surface area contributed by atoms with Gasteiger partial charge in [-0.3, -0.25) is 0 Å². The van der Waals surface area contributed by atoms with Crippen LogP contribution >= 0.6 is 0 Å². The lowest BCUT2D eigenvalue weighted by Gasteiger charge is -2.06. The van der Waals surface area contributed by atoms with Crippen molar-refractivity contribution in [2.24, 2.45) is 0 Å². The predicted octanol–water partition coefficient (Wildman–Crippen LogP) is 3.40. The number of rotatable bonds is 6. The number of nitrogens with zero attached hydrogens (tertiary/aromatic N) is 1. The van der Waals surface area contributed by atoms with Gasteiger partial charge in [0.05, 0.1) is 0 Å². The molecule has 2 N–H and O–H groups in total. The number of benzene rings is 2. The van der Waals surface area contributed by atoms with Gasteiger partial charge in [-0.15, -0.1) is 0 Å². The first-order chi connectivity index (χ1) is 10.8. The van der Waals surface area contributed by atoms with Crippen LogP contribution in [-0.2, 0) is 13.2 Å². The second-order valence-corrected chi connectivity index (χ2v) is 4.78. The highest BCUT2D eigenvalue weighted by atomic mass is 16.5. The summed E-state index contributed by atoms with van der Waals surface area (Å²) in [5.41, 5.74) is 4.72.